The summed E-state index contributed by atoms with van der Waals surface area (Å²) in [7, 11) is 0.286. The van der Waals surface area contributed by atoms with Crippen molar-refractivity contribution in [3.05, 3.63) is 53.1 Å². The lowest BCUT2D eigenvalue weighted by Gasteiger charge is -2.38. The van der Waals surface area contributed by atoms with Gasteiger partial charge in [-0.25, -0.2) is 13.1 Å². The summed E-state index contributed by atoms with van der Waals surface area (Å²) in [5, 5.41) is 3.44. The molecule has 1 unspecified atom stereocenters. The quantitative estimate of drug-likeness (QED) is 0.587. The van der Waals surface area contributed by atoms with Gasteiger partial charge >= 0.3 is 0 Å². The average molecular weight is 487 g/mol. The zero-order valence-electron chi connectivity index (χ0n) is 20.1. The molecule has 2 aromatic rings. The van der Waals surface area contributed by atoms with Crippen molar-refractivity contribution in [3.63, 3.8) is 0 Å². The van der Waals surface area contributed by atoms with E-state index in [0.29, 0.717) is 13.1 Å². The van der Waals surface area contributed by atoms with Gasteiger partial charge < -0.3 is 19.9 Å². The maximum atomic E-state index is 13.5. The molecule has 1 atom stereocenters. The second-order valence-corrected chi connectivity index (χ2v) is 10.7. The summed E-state index contributed by atoms with van der Waals surface area (Å²) >= 11 is 0. The number of methoxy groups -OCH3 is 1. The summed E-state index contributed by atoms with van der Waals surface area (Å²) in [5.41, 5.74) is 4.01. The number of rotatable bonds is 8. The third-order valence-electron chi connectivity index (χ3n) is 6.64. The van der Waals surface area contributed by atoms with E-state index in [4.69, 9.17) is 4.74 Å². The van der Waals surface area contributed by atoms with Crippen molar-refractivity contribution in [3.8, 4) is 5.75 Å². The SMILES string of the molecule is CCNS(=O)(=O)c1ccc(CC(=O)C2NCCc3c(OC)ccc(N4CCN(C)CC4)c32)cc1. The minimum atomic E-state index is -3.52. The highest BCUT2D eigenvalue weighted by Gasteiger charge is 2.32. The molecule has 9 heteroatoms. The van der Waals surface area contributed by atoms with Gasteiger partial charge in [-0.1, -0.05) is 19.1 Å². The molecule has 184 valence electrons. The standard InChI is InChI=1S/C25H34N4O4S/c1-4-27-34(31,32)19-7-5-18(6-8-19)17-22(30)25-24-20(11-12-26-25)23(33-3)10-9-21(24)29-15-13-28(2)14-16-29/h5-10,25-27H,4,11-17H2,1-3H3. The number of ether oxygens (including phenoxy) is 1. The molecule has 34 heavy (non-hydrogen) atoms. The number of sulfonamides is 1. The van der Waals surface area contributed by atoms with Gasteiger partial charge in [0, 0.05) is 62.5 Å². The number of nitrogens with zero attached hydrogens (tertiary/aromatic N) is 2. The summed E-state index contributed by atoms with van der Waals surface area (Å²) in [6, 6.07) is 10.2. The second kappa shape index (κ2) is 10.4. The fraction of sp³-hybridized carbons (Fsp3) is 0.480. The number of ketones is 1. The molecule has 2 aliphatic rings. The van der Waals surface area contributed by atoms with Crippen LogP contribution in [-0.2, 0) is 27.7 Å². The van der Waals surface area contributed by atoms with E-state index >= 15 is 0 Å². The first-order chi connectivity index (χ1) is 16.3. The lowest BCUT2D eigenvalue weighted by atomic mass is 9.87. The molecule has 8 nitrogen and oxygen atoms in total. The maximum absolute atomic E-state index is 13.5. The molecule has 0 amide bonds. The minimum absolute atomic E-state index is 0.0619. The second-order valence-electron chi connectivity index (χ2n) is 8.90. The highest BCUT2D eigenvalue weighted by atomic mass is 32.2. The first kappa shape index (κ1) is 24.7. The Hall–Kier alpha value is -2.46. The van der Waals surface area contributed by atoms with Crippen LogP contribution >= 0.6 is 0 Å². The third kappa shape index (κ3) is 5.12. The van der Waals surface area contributed by atoms with Crippen molar-refractivity contribution in [2.75, 3.05) is 58.3 Å². The van der Waals surface area contributed by atoms with Gasteiger partial charge in [0.15, 0.2) is 5.78 Å². The van der Waals surface area contributed by atoms with Crippen molar-refractivity contribution in [1.29, 1.82) is 0 Å². The number of hydrogen-bond donors (Lipinski definition) is 2. The van der Waals surface area contributed by atoms with Gasteiger partial charge in [-0.3, -0.25) is 4.79 Å². The van der Waals surface area contributed by atoms with Crippen molar-refractivity contribution in [2.45, 2.75) is 30.7 Å². The summed E-state index contributed by atoms with van der Waals surface area (Å²) < 4.78 is 32.6. The number of anilines is 1. The fourth-order valence-corrected chi connectivity index (χ4v) is 5.85. The number of likely N-dealkylation sites (N-methyl/N-ethyl adjacent to an activating group) is 1. The maximum Gasteiger partial charge on any atom is 0.240 e. The lowest BCUT2D eigenvalue weighted by molar-refractivity contribution is -0.120. The molecule has 0 bridgehead atoms. The van der Waals surface area contributed by atoms with Gasteiger partial charge in [-0.05, 0) is 43.3 Å². The molecular weight excluding hydrogens is 452 g/mol. The van der Waals surface area contributed by atoms with Gasteiger partial charge in [0.05, 0.1) is 18.0 Å². The van der Waals surface area contributed by atoms with Crippen LogP contribution in [0.1, 0.15) is 29.7 Å². The number of carbonyl (C=O) groups is 1. The first-order valence-electron chi connectivity index (χ1n) is 11.8. The van der Waals surface area contributed by atoms with Crippen LogP contribution in [0.3, 0.4) is 0 Å². The molecule has 2 heterocycles. The van der Waals surface area contributed by atoms with Crippen molar-refractivity contribution in [1.82, 2.24) is 14.9 Å². The Morgan fingerprint density at radius 1 is 1.12 bits per heavy atom. The lowest BCUT2D eigenvalue weighted by Crippen LogP contribution is -2.46. The van der Waals surface area contributed by atoms with E-state index in [2.05, 4.69) is 33.0 Å². The van der Waals surface area contributed by atoms with E-state index in [0.717, 1.165) is 60.7 Å². The Bertz CT molecular complexity index is 1130. The molecule has 0 spiro atoms. The van der Waals surface area contributed by atoms with E-state index in [9.17, 15) is 13.2 Å². The molecule has 2 aliphatic heterocycles. The van der Waals surface area contributed by atoms with Crippen LogP contribution in [-0.4, -0.2) is 72.5 Å². The van der Waals surface area contributed by atoms with Gasteiger partial charge in [-0.15, -0.1) is 0 Å². The smallest absolute Gasteiger partial charge is 0.240 e. The van der Waals surface area contributed by atoms with E-state index in [1.54, 1.807) is 38.3 Å². The molecule has 1 fully saturated rings. The molecule has 0 saturated carbocycles. The number of hydrogen-bond acceptors (Lipinski definition) is 7. The predicted octanol–water partition coefficient (Wildman–Crippen LogP) is 1.74. The summed E-state index contributed by atoms with van der Waals surface area (Å²) in [6.45, 7) is 6.56. The average Bonchev–Trinajstić information content (AvgIpc) is 2.84. The molecule has 2 aromatic carbocycles. The van der Waals surface area contributed by atoms with Crippen LogP contribution in [0.15, 0.2) is 41.3 Å². The highest BCUT2D eigenvalue weighted by molar-refractivity contribution is 7.89. The molecule has 0 aliphatic carbocycles. The summed E-state index contributed by atoms with van der Waals surface area (Å²) in [5.74, 6) is 0.886. The van der Waals surface area contributed by atoms with E-state index < -0.39 is 16.1 Å². The van der Waals surface area contributed by atoms with Gasteiger partial charge in [0.1, 0.15) is 5.75 Å². The Morgan fingerprint density at radius 2 is 1.82 bits per heavy atom. The largest absolute Gasteiger partial charge is 0.496 e. The molecule has 0 aromatic heterocycles. The Morgan fingerprint density at radius 3 is 2.47 bits per heavy atom. The highest BCUT2D eigenvalue weighted by Crippen LogP contribution is 2.39. The molecule has 4 rings (SSSR count). The number of Topliss-reactive ketones (excluding diaryl/α,β-unsaturated/α-hetero) is 1. The summed E-state index contributed by atoms with van der Waals surface area (Å²) in [4.78, 5) is 18.4. The van der Waals surface area contributed by atoms with Crippen molar-refractivity contribution < 1.29 is 17.9 Å². The number of fused-ring (bicyclic) bond motifs is 1. The first-order valence-corrected chi connectivity index (χ1v) is 13.3. The normalized spacial score (nSPS) is 19.0. The number of benzene rings is 2. The van der Waals surface area contributed by atoms with Gasteiger partial charge in [0.25, 0.3) is 0 Å². The Balaban J connectivity index is 1.61. The van der Waals surface area contributed by atoms with E-state index in [1.165, 1.54) is 0 Å². The van der Waals surface area contributed by atoms with Gasteiger partial charge in [0.2, 0.25) is 10.0 Å². The Labute approximate surface area is 202 Å². The topological polar surface area (TPSA) is 91.0 Å². The molecule has 2 N–H and O–H groups in total. The fourth-order valence-electron chi connectivity index (χ4n) is 4.81. The Kier molecular flexibility index (Phi) is 7.57. The number of piperazine rings is 1. The molecule has 0 radical (unpaired) electrons. The predicted molar refractivity (Wildman–Crippen MR) is 133 cm³/mol. The number of nitrogens with one attached hydrogen (secondary N) is 2. The van der Waals surface area contributed by atoms with Gasteiger partial charge in [-0.2, -0.15) is 0 Å². The van der Waals surface area contributed by atoms with Crippen LogP contribution in [0, 0.1) is 0 Å². The van der Waals surface area contributed by atoms with Crippen LogP contribution < -0.4 is 19.7 Å². The molecular formula is C25H34N4O4S. The van der Waals surface area contributed by atoms with Crippen LogP contribution in [0.4, 0.5) is 5.69 Å². The number of carbonyl (C=O) groups excluding carboxylic acids is 1. The van der Waals surface area contributed by atoms with Crippen LogP contribution in [0.2, 0.25) is 0 Å². The van der Waals surface area contributed by atoms with Crippen LogP contribution in [0.25, 0.3) is 0 Å². The van der Waals surface area contributed by atoms with E-state index in [1.807, 2.05) is 6.07 Å². The zero-order chi connectivity index (χ0) is 24.3. The van der Waals surface area contributed by atoms with Crippen molar-refractivity contribution >= 4 is 21.5 Å². The summed E-state index contributed by atoms with van der Waals surface area (Å²) in [6.07, 6.45) is 1.03. The monoisotopic (exact) mass is 486 g/mol. The zero-order valence-corrected chi connectivity index (χ0v) is 21.0. The van der Waals surface area contributed by atoms with E-state index in [-0.39, 0.29) is 17.1 Å². The molecule has 1 saturated heterocycles. The minimum Gasteiger partial charge on any atom is -0.496 e. The van der Waals surface area contributed by atoms with Crippen molar-refractivity contribution in [2.24, 2.45) is 0 Å². The van der Waals surface area contributed by atoms with Crippen LogP contribution in [0.5, 0.6) is 5.75 Å². The third-order valence-corrected chi connectivity index (χ3v) is 8.20.